The average molecular weight is 226 g/mol. The van der Waals surface area contributed by atoms with Crippen molar-refractivity contribution in [1.82, 2.24) is 4.90 Å². The fourth-order valence-corrected chi connectivity index (χ4v) is 1.32. The van der Waals surface area contributed by atoms with Crippen molar-refractivity contribution in [2.45, 2.75) is 60.8 Å². The SMILES string of the molecule is CC.CC/C=C\N=C(C)N(CCC)CCC. The standard InChI is InChI=1S/C12H24N2.C2H6/c1-5-8-9-13-12(4)14(10-6-2)11-7-3;1-2/h8-9H,5-7,10-11H2,1-4H3;1-2H3/b9-8-,13-12?;. The van der Waals surface area contributed by atoms with E-state index in [-0.39, 0.29) is 0 Å². The lowest BCUT2D eigenvalue weighted by atomic mass is 10.3. The van der Waals surface area contributed by atoms with Crippen molar-refractivity contribution in [2.75, 3.05) is 13.1 Å². The van der Waals surface area contributed by atoms with Crippen LogP contribution in [-0.4, -0.2) is 23.8 Å². The minimum Gasteiger partial charge on any atom is -0.360 e. The second kappa shape index (κ2) is 14.2. The number of hydrogen-bond donors (Lipinski definition) is 0. The Hall–Kier alpha value is -0.790. The minimum absolute atomic E-state index is 1.05. The van der Waals surface area contributed by atoms with E-state index in [1.807, 2.05) is 20.0 Å². The normalized spacial score (nSPS) is 11.2. The first-order valence-corrected chi connectivity index (χ1v) is 6.70. The molecule has 0 amide bonds. The van der Waals surface area contributed by atoms with Gasteiger partial charge < -0.3 is 4.90 Å². The summed E-state index contributed by atoms with van der Waals surface area (Å²) in [5.74, 6) is 1.14. The van der Waals surface area contributed by atoms with Gasteiger partial charge in [0, 0.05) is 19.3 Å². The Morgan fingerprint density at radius 1 is 1.06 bits per heavy atom. The van der Waals surface area contributed by atoms with Gasteiger partial charge in [-0.15, -0.1) is 0 Å². The number of aliphatic imine (C=N–C) groups is 1. The quantitative estimate of drug-likeness (QED) is 0.482. The lowest BCUT2D eigenvalue weighted by Gasteiger charge is -2.22. The van der Waals surface area contributed by atoms with E-state index in [1.54, 1.807) is 0 Å². The molecule has 16 heavy (non-hydrogen) atoms. The van der Waals surface area contributed by atoms with E-state index in [4.69, 9.17) is 0 Å². The van der Waals surface area contributed by atoms with E-state index in [1.165, 1.54) is 12.8 Å². The Kier molecular flexibility index (Phi) is 15.6. The molecule has 2 nitrogen and oxygen atoms in total. The summed E-state index contributed by atoms with van der Waals surface area (Å²) in [6.07, 6.45) is 7.42. The minimum atomic E-state index is 1.05. The van der Waals surface area contributed by atoms with Crippen molar-refractivity contribution in [2.24, 2.45) is 4.99 Å². The van der Waals surface area contributed by atoms with Crippen LogP contribution in [0.5, 0.6) is 0 Å². The molecule has 0 radical (unpaired) electrons. The molecule has 0 aromatic carbocycles. The van der Waals surface area contributed by atoms with Crippen LogP contribution in [0.25, 0.3) is 0 Å². The van der Waals surface area contributed by atoms with E-state index >= 15 is 0 Å². The van der Waals surface area contributed by atoms with Gasteiger partial charge in [0.15, 0.2) is 0 Å². The van der Waals surface area contributed by atoms with E-state index < -0.39 is 0 Å². The highest BCUT2D eigenvalue weighted by Gasteiger charge is 2.02. The summed E-state index contributed by atoms with van der Waals surface area (Å²) in [5.41, 5.74) is 0. The van der Waals surface area contributed by atoms with E-state index in [0.717, 1.165) is 25.3 Å². The Bertz CT molecular complexity index is 177. The first-order chi connectivity index (χ1) is 7.76. The zero-order valence-electron chi connectivity index (χ0n) is 12.1. The second-order valence-electron chi connectivity index (χ2n) is 3.46. The van der Waals surface area contributed by atoms with Crippen LogP contribution >= 0.6 is 0 Å². The smallest absolute Gasteiger partial charge is 0.101 e. The van der Waals surface area contributed by atoms with Gasteiger partial charge in [0.25, 0.3) is 0 Å². The third-order valence-corrected chi connectivity index (χ3v) is 2.05. The van der Waals surface area contributed by atoms with Gasteiger partial charge in [-0.1, -0.05) is 40.7 Å². The largest absolute Gasteiger partial charge is 0.360 e. The fraction of sp³-hybridized carbons (Fsp3) is 0.786. The molecular weight excluding hydrogens is 196 g/mol. The molecule has 0 saturated heterocycles. The van der Waals surface area contributed by atoms with E-state index in [2.05, 4.69) is 43.7 Å². The summed E-state index contributed by atoms with van der Waals surface area (Å²) in [7, 11) is 0. The molecule has 0 unspecified atom stereocenters. The first kappa shape index (κ1) is 17.6. The van der Waals surface area contributed by atoms with Crippen molar-refractivity contribution in [3.63, 3.8) is 0 Å². The van der Waals surface area contributed by atoms with Crippen LogP contribution in [0.3, 0.4) is 0 Å². The van der Waals surface area contributed by atoms with Crippen LogP contribution < -0.4 is 0 Å². The zero-order chi connectivity index (χ0) is 12.8. The molecule has 2 heteroatoms. The van der Waals surface area contributed by atoms with Crippen LogP contribution in [0.1, 0.15) is 60.8 Å². The van der Waals surface area contributed by atoms with Gasteiger partial charge in [-0.3, -0.25) is 0 Å². The van der Waals surface area contributed by atoms with Crippen LogP contribution in [0.15, 0.2) is 17.3 Å². The van der Waals surface area contributed by atoms with Gasteiger partial charge in [-0.05, 0) is 26.2 Å². The molecule has 0 rings (SSSR count). The molecular formula is C14H30N2. The summed E-state index contributed by atoms with van der Waals surface area (Å²) in [4.78, 5) is 6.76. The van der Waals surface area contributed by atoms with Crippen molar-refractivity contribution in [3.8, 4) is 0 Å². The molecule has 0 aromatic rings. The lowest BCUT2D eigenvalue weighted by Crippen LogP contribution is -2.30. The Labute approximate surface area is 102 Å². The van der Waals surface area contributed by atoms with Gasteiger partial charge in [0.2, 0.25) is 0 Å². The molecule has 96 valence electrons. The Morgan fingerprint density at radius 3 is 1.94 bits per heavy atom. The monoisotopic (exact) mass is 226 g/mol. The van der Waals surface area contributed by atoms with Crippen LogP contribution in [0.4, 0.5) is 0 Å². The molecule has 0 bridgehead atoms. The molecule has 0 aliphatic carbocycles. The molecule has 0 heterocycles. The second-order valence-corrected chi connectivity index (χ2v) is 3.46. The fourth-order valence-electron chi connectivity index (χ4n) is 1.32. The third kappa shape index (κ3) is 9.75. The van der Waals surface area contributed by atoms with Crippen LogP contribution in [0, 0.1) is 0 Å². The molecule has 0 N–H and O–H groups in total. The number of rotatable bonds is 6. The Morgan fingerprint density at radius 2 is 1.56 bits per heavy atom. The maximum atomic E-state index is 4.41. The maximum Gasteiger partial charge on any atom is 0.101 e. The van der Waals surface area contributed by atoms with Gasteiger partial charge in [-0.2, -0.15) is 0 Å². The predicted molar refractivity (Wildman–Crippen MR) is 76.0 cm³/mol. The molecule has 0 atom stereocenters. The van der Waals surface area contributed by atoms with Gasteiger partial charge in [0.1, 0.15) is 5.84 Å². The summed E-state index contributed by atoms with van der Waals surface area (Å²) in [6.45, 7) is 14.9. The summed E-state index contributed by atoms with van der Waals surface area (Å²) >= 11 is 0. The Balaban J connectivity index is 0. The molecule has 0 aliphatic rings. The molecule has 0 spiro atoms. The molecule has 0 fully saturated rings. The van der Waals surface area contributed by atoms with Crippen LogP contribution in [0.2, 0.25) is 0 Å². The number of allylic oxidation sites excluding steroid dienone is 1. The highest BCUT2D eigenvalue weighted by atomic mass is 15.2. The van der Waals surface area contributed by atoms with Crippen molar-refractivity contribution < 1.29 is 0 Å². The van der Waals surface area contributed by atoms with Crippen LogP contribution in [-0.2, 0) is 0 Å². The van der Waals surface area contributed by atoms with E-state index in [0.29, 0.717) is 0 Å². The zero-order valence-corrected chi connectivity index (χ0v) is 12.1. The highest BCUT2D eigenvalue weighted by molar-refractivity contribution is 5.80. The summed E-state index contributed by atoms with van der Waals surface area (Å²) < 4.78 is 0. The molecule has 0 aromatic heterocycles. The van der Waals surface area contributed by atoms with Gasteiger partial charge in [0.05, 0.1) is 0 Å². The summed E-state index contributed by atoms with van der Waals surface area (Å²) in [6, 6.07) is 0. The molecule has 0 aliphatic heterocycles. The molecule has 0 saturated carbocycles. The maximum absolute atomic E-state index is 4.41. The number of nitrogens with zero attached hydrogens (tertiary/aromatic N) is 2. The van der Waals surface area contributed by atoms with Gasteiger partial charge in [-0.25, -0.2) is 4.99 Å². The first-order valence-electron chi connectivity index (χ1n) is 6.70. The third-order valence-electron chi connectivity index (χ3n) is 2.05. The van der Waals surface area contributed by atoms with Crippen molar-refractivity contribution >= 4 is 5.84 Å². The number of amidine groups is 1. The average Bonchev–Trinajstić information content (AvgIpc) is 2.31. The summed E-state index contributed by atoms with van der Waals surface area (Å²) in [5, 5.41) is 0. The topological polar surface area (TPSA) is 15.6 Å². The van der Waals surface area contributed by atoms with Gasteiger partial charge >= 0.3 is 0 Å². The lowest BCUT2D eigenvalue weighted by molar-refractivity contribution is 0.414. The highest BCUT2D eigenvalue weighted by Crippen LogP contribution is 1.97. The van der Waals surface area contributed by atoms with E-state index in [9.17, 15) is 0 Å². The van der Waals surface area contributed by atoms with Crippen molar-refractivity contribution in [3.05, 3.63) is 12.3 Å². The number of hydrogen-bond acceptors (Lipinski definition) is 1. The van der Waals surface area contributed by atoms with Crippen molar-refractivity contribution in [1.29, 1.82) is 0 Å². The predicted octanol–water partition coefficient (Wildman–Crippen LogP) is 4.48.